The maximum Gasteiger partial charge on any atom is 0.361 e. The van der Waals surface area contributed by atoms with Crippen molar-refractivity contribution >= 4 is 17.1 Å². The summed E-state index contributed by atoms with van der Waals surface area (Å²) in [5.41, 5.74) is -0.437. The molecule has 1 aliphatic heterocycles. The SMILES string of the molecule is CCOC(=O)c1noc2ncn(CCN3CCOCC3)c(=O)c12. The van der Waals surface area contributed by atoms with Crippen LogP contribution in [0, 0.1) is 0 Å². The minimum absolute atomic E-state index is 0.0423. The van der Waals surface area contributed by atoms with Gasteiger partial charge in [-0.2, -0.15) is 0 Å². The maximum absolute atomic E-state index is 12.6. The van der Waals surface area contributed by atoms with Gasteiger partial charge in [0.1, 0.15) is 11.7 Å². The third-order valence-corrected chi connectivity index (χ3v) is 3.69. The standard InChI is InChI=1S/C14H18N4O5/c1-2-22-14(20)11-10-12(23-16-11)15-9-18(13(10)19)4-3-17-5-7-21-8-6-17/h9H,2-8H2,1H3. The van der Waals surface area contributed by atoms with Gasteiger partial charge in [-0.1, -0.05) is 5.16 Å². The second kappa shape index (κ2) is 6.88. The average Bonchev–Trinajstić information content (AvgIpc) is 3.00. The van der Waals surface area contributed by atoms with Crippen molar-refractivity contribution in [1.82, 2.24) is 19.6 Å². The molecule has 3 heterocycles. The van der Waals surface area contributed by atoms with Crippen LogP contribution in [-0.2, 0) is 16.0 Å². The number of fused-ring (bicyclic) bond motifs is 1. The lowest BCUT2D eigenvalue weighted by Gasteiger charge is -2.26. The van der Waals surface area contributed by atoms with Gasteiger partial charge >= 0.3 is 5.97 Å². The first-order chi connectivity index (χ1) is 11.2. The lowest BCUT2D eigenvalue weighted by atomic mass is 10.3. The average molecular weight is 322 g/mol. The number of hydrogen-bond donors (Lipinski definition) is 0. The number of nitrogens with zero attached hydrogens (tertiary/aromatic N) is 4. The predicted molar refractivity (Wildman–Crippen MR) is 79.3 cm³/mol. The molecule has 0 aromatic carbocycles. The number of esters is 1. The smallest absolute Gasteiger partial charge is 0.361 e. The van der Waals surface area contributed by atoms with Crippen molar-refractivity contribution in [1.29, 1.82) is 0 Å². The molecule has 0 radical (unpaired) electrons. The summed E-state index contributed by atoms with van der Waals surface area (Å²) >= 11 is 0. The summed E-state index contributed by atoms with van der Waals surface area (Å²) in [7, 11) is 0. The van der Waals surface area contributed by atoms with Crippen LogP contribution in [0.2, 0.25) is 0 Å². The van der Waals surface area contributed by atoms with Crippen LogP contribution in [0.4, 0.5) is 0 Å². The predicted octanol–water partition coefficient (Wildman–Crippen LogP) is -0.107. The molecule has 0 unspecified atom stereocenters. The molecule has 2 aromatic rings. The first-order valence-corrected chi connectivity index (χ1v) is 7.52. The first-order valence-electron chi connectivity index (χ1n) is 7.52. The Kier molecular flexibility index (Phi) is 4.68. The fraction of sp³-hybridized carbons (Fsp3) is 0.571. The van der Waals surface area contributed by atoms with Crippen molar-refractivity contribution in [3.8, 4) is 0 Å². The molecule has 9 heteroatoms. The van der Waals surface area contributed by atoms with Crippen LogP contribution >= 0.6 is 0 Å². The van der Waals surface area contributed by atoms with Gasteiger partial charge in [-0.05, 0) is 6.92 Å². The first kappa shape index (κ1) is 15.6. The lowest BCUT2D eigenvalue weighted by Crippen LogP contribution is -2.39. The van der Waals surface area contributed by atoms with E-state index in [0.29, 0.717) is 26.3 Å². The Hall–Kier alpha value is -2.26. The Bertz CT molecular complexity index is 747. The van der Waals surface area contributed by atoms with Gasteiger partial charge in [0.05, 0.1) is 19.8 Å². The summed E-state index contributed by atoms with van der Waals surface area (Å²) in [5, 5.41) is 3.68. The van der Waals surface area contributed by atoms with E-state index in [1.54, 1.807) is 6.92 Å². The van der Waals surface area contributed by atoms with E-state index in [4.69, 9.17) is 14.0 Å². The van der Waals surface area contributed by atoms with Gasteiger partial charge in [0.2, 0.25) is 5.69 Å². The van der Waals surface area contributed by atoms with Crippen molar-refractivity contribution in [3.05, 3.63) is 22.4 Å². The van der Waals surface area contributed by atoms with Crippen molar-refractivity contribution in [2.45, 2.75) is 13.5 Å². The molecule has 0 spiro atoms. The van der Waals surface area contributed by atoms with E-state index in [1.807, 2.05) is 0 Å². The maximum atomic E-state index is 12.6. The van der Waals surface area contributed by atoms with Crippen LogP contribution in [0.3, 0.4) is 0 Å². The van der Waals surface area contributed by atoms with Gasteiger partial charge in [0, 0.05) is 26.2 Å². The minimum Gasteiger partial charge on any atom is -0.461 e. The number of aromatic nitrogens is 3. The molecule has 124 valence electrons. The zero-order chi connectivity index (χ0) is 16.2. The fourth-order valence-electron chi connectivity index (χ4n) is 2.45. The molecule has 0 aliphatic carbocycles. The normalized spacial score (nSPS) is 15.9. The van der Waals surface area contributed by atoms with E-state index in [9.17, 15) is 9.59 Å². The van der Waals surface area contributed by atoms with Gasteiger partial charge in [-0.25, -0.2) is 9.78 Å². The molecule has 1 aliphatic rings. The number of rotatable bonds is 5. The molecule has 1 saturated heterocycles. The van der Waals surface area contributed by atoms with E-state index in [2.05, 4.69) is 15.0 Å². The number of hydrogen-bond acceptors (Lipinski definition) is 8. The Morgan fingerprint density at radius 3 is 2.87 bits per heavy atom. The number of ether oxygens (including phenoxy) is 2. The molecule has 0 amide bonds. The molecule has 0 atom stereocenters. The third kappa shape index (κ3) is 3.25. The monoisotopic (exact) mass is 322 g/mol. The third-order valence-electron chi connectivity index (χ3n) is 3.69. The molecular formula is C14H18N4O5. The Morgan fingerprint density at radius 1 is 1.35 bits per heavy atom. The van der Waals surface area contributed by atoms with Crippen LogP contribution in [0.15, 0.2) is 15.6 Å². The molecule has 9 nitrogen and oxygen atoms in total. The molecule has 23 heavy (non-hydrogen) atoms. The summed E-state index contributed by atoms with van der Waals surface area (Å²) in [6.45, 7) is 6.12. The molecular weight excluding hydrogens is 304 g/mol. The van der Waals surface area contributed by atoms with Gasteiger partial charge in [-0.15, -0.1) is 0 Å². The van der Waals surface area contributed by atoms with E-state index in [0.717, 1.165) is 13.1 Å². The van der Waals surface area contributed by atoms with Crippen LogP contribution in [0.1, 0.15) is 17.4 Å². The van der Waals surface area contributed by atoms with Crippen molar-refractivity contribution in [3.63, 3.8) is 0 Å². The molecule has 0 saturated carbocycles. The van der Waals surface area contributed by atoms with Crippen molar-refractivity contribution in [2.75, 3.05) is 39.5 Å². The zero-order valence-electron chi connectivity index (χ0n) is 12.9. The van der Waals surface area contributed by atoms with Gasteiger partial charge in [0.15, 0.2) is 0 Å². The molecule has 0 N–H and O–H groups in total. The second-order valence-corrected chi connectivity index (χ2v) is 5.13. The van der Waals surface area contributed by atoms with Gasteiger partial charge in [-0.3, -0.25) is 14.3 Å². The number of carbonyl (C=O) groups is 1. The van der Waals surface area contributed by atoms with E-state index < -0.39 is 5.97 Å². The van der Waals surface area contributed by atoms with Crippen LogP contribution < -0.4 is 5.56 Å². The van der Waals surface area contributed by atoms with Gasteiger partial charge in [0.25, 0.3) is 11.3 Å². The summed E-state index contributed by atoms with van der Waals surface area (Å²) in [4.78, 5) is 30.7. The van der Waals surface area contributed by atoms with Crippen molar-refractivity contribution in [2.24, 2.45) is 0 Å². The second-order valence-electron chi connectivity index (χ2n) is 5.13. The quantitative estimate of drug-likeness (QED) is 0.703. The number of carbonyl (C=O) groups excluding carboxylic acids is 1. The van der Waals surface area contributed by atoms with Crippen LogP contribution in [0.25, 0.3) is 11.1 Å². The largest absolute Gasteiger partial charge is 0.461 e. The highest BCUT2D eigenvalue weighted by Gasteiger charge is 2.22. The molecule has 1 fully saturated rings. The molecule has 3 rings (SSSR count). The van der Waals surface area contributed by atoms with E-state index in [1.165, 1.54) is 10.9 Å². The van der Waals surface area contributed by atoms with E-state index in [-0.39, 0.29) is 29.0 Å². The van der Waals surface area contributed by atoms with E-state index >= 15 is 0 Å². The highest BCUT2D eigenvalue weighted by molar-refractivity contribution is 5.99. The highest BCUT2D eigenvalue weighted by Crippen LogP contribution is 2.12. The van der Waals surface area contributed by atoms with Crippen LogP contribution in [0.5, 0.6) is 0 Å². The fourth-order valence-corrected chi connectivity index (χ4v) is 2.45. The van der Waals surface area contributed by atoms with Crippen LogP contribution in [-0.4, -0.2) is 65.0 Å². The topological polar surface area (TPSA) is 99.7 Å². The lowest BCUT2D eigenvalue weighted by molar-refractivity contribution is 0.0362. The van der Waals surface area contributed by atoms with Crippen molar-refractivity contribution < 1.29 is 18.8 Å². The summed E-state index contributed by atoms with van der Waals surface area (Å²) in [6.07, 6.45) is 1.41. The molecule has 2 aromatic heterocycles. The molecule has 0 bridgehead atoms. The zero-order valence-corrected chi connectivity index (χ0v) is 12.9. The highest BCUT2D eigenvalue weighted by atomic mass is 16.5. The Morgan fingerprint density at radius 2 is 2.13 bits per heavy atom. The Balaban J connectivity index is 1.84. The summed E-state index contributed by atoms with van der Waals surface area (Å²) in [5.74, 6) is -0.684. The minimum atomic E-state index is -0.684. The Labute approximate surface area is 131 Å². The number of morpholine rings is 1. The summed E-state index contributed by atoms with van der Waals surface area (Å²) < 4.78 is 16.6. The van der Waals surface area contributed by atoms with Gasteiger partial charge < -0.3 is 14.0 Å². The summed E-state index contributed by atoms with van der Waals surface area (Å²) in [6, 6.07) is 0.